The fraction of sp³-hybridized carbons (Fsp3) is 0.226. The molecule has 0 bridgehead atoms. The highest BCUT2D eigenvalue weighted by atomic mass is 32.1. The Morgan fingerprint density at radius 1 is 1.17 bits per heavy atom. The fourth-order valence-corrected chi connectivity index (χ4v) is 7.04. The zero-order chi connectivity index (χ0) is 29.6. The second-order valence-electron chi connectivity index (χ2n) is 10.5. The number of nitrogens with two attached hydrogens (primary N) is 3. The van der Waals surface area contributed by atoms with E-state index >= 15 is 0 Å². The van der Waals surface area contributed by atoms with Gasteiger partial charge in [-0.15, -0.1) is 11.3 Å². The largest absolute Gasteiger partial charge is 0.439 e. The Labute approximate surface area is 246 Å². The quantitative estimate of drug-likeness (QED) is 0.198. The van der Waals surface area contributed by atoms with Crippen LogP contribution in [0.1, 0.15) is 45.2 Å². The number of carbonyl (C=O) groups is 3. The molecule has 1 saturated heterocycles. The average molecular weight is 583 g/mol. The molecule has 0 spiro atoms. The van der Waals surface area contributed by atoms with Crippen molar-refractivity contribution in [3.8, 4) is 11.6 Å². The lowest BCUT2D eigenvalue weighted by Crippen LogP contribution is -2.53. The highest BCUT2D eigenvalue weighted by Crippen LogP contribution is 2.49. The second kappa shape index (κ2) is 10.7. The highest BCUT2D eigenvalue weighted by molar-refractivity contribution is 7.21. The first kappa shape index (κ1) is 27.6. The maximum atomic E-state index is 14.0. The molecule has 214 valence electrons. The molecule has 2 aliphatic rings. The van der Waals surface area contributed by atoms with E-state index in [0.29, 0.717) is 62.1 Å². The predicted octanol–water partition coefficient (Wildman–Crippen LogP) is 3.36. The Kier molecular flexibility index (Phi) is 7.01. The van der Waals surface area contributed by atoms with E-state index in [2.05, 4.69) is 16.9 Å². The molecule has 11 heteroatoms. The minimum absolute atomic E-state index is 0.174. The molecule has 42 heavy (non-hydrogen) atoms. The van der Waals surface area contributed by atoms with Gasteiger partial charge in [-0.1, -0.05) is 30.8 Å². The standard InChI is InChI=1S/C31H30N6O4S/c1-2-23(38)37-15-5-6-18(16-37)36-30(40)28-25-24-20(12-13-21(32)27(24)42-28)31(34,29(39)26(25)33)17-8-10-19(11-9-17)41-22-7-3-4-14-35-22/h2-4,7-14,18,26H,1,5-6,15-16,32-34H2,(H,36,40). The van der Waals surface area contributed by atoms with Crippen LogP contribution in [-0.2, 0) is 15.1 Å². The first-order chi connectivity index (χ1) is 20.2. The number of benzene rings is 2. The van der Waals surface area contributed by atoms with Crippen molar-refractivity contribution in [1.29, 1.82) is 0 Å². The third kappa shape index (κ3) is 4.51. The summed E-state index contributed by atoms with van der Waals surface area (Å²) in [5.74, 6) is -0.00914. The zero-order valence-corrected chi connectivity index (χ0v) is 23.5. The van der Waals surface area contributed by atoms with Crippen molar-refractivity contribution in [3.63, 3.8) is 0 Å². The average Bonchev–Trinajstić information content (AvgIpc) is 3.42. The van der Waals surface area contributed by atoms with Gasteiger partial charge in [0, 0.05) is 48.0 Å². The van der Waals surface area contributed by atoms with Gasteiger partial charge in [-0.2, -0.15) is 0 Å². The number of hydrogen-bond acceptors (Lipinski definition) is 9. The van der Waals surface area contributed by atoms with Crippen LogP contribution < -0.4 is 27.3 Å². The number of nitrogens with zero attached hydrogens (tertiary/aromatic N) is 2. The topological polar surface area (TPSA) is 167 Å². The zero-order valence-electron chi connectivity index (χ0n) is 22.7. The van der Waals surface area contributed by atoms with E-state index in [9.17, 15) is 14.4 Å². The van der Waals surface area contributed by atoms with Crippen LogP contribution in [0.25, 0.3) is 10.1 Å². The summed E-state index contributed by atoms with van der Waals surface area (Å²) in [5, 5.41) is 3.67. The molecule has 7 N–H and O–H groups in total. The first-order valence-electron chi connectivity index (χ1n) is 13.6. The van der Waals surface area contributed by atoms with E-state index in [1.54, 1.807) is 59.6 Å². The molecule has 2 aromatic heterocycles. The van der Waals surface area contributed by atoms with E-state index in [4.69, 9.17) is 21.9 Å². The molecule has 3 unspecified atom stereocenters. The summed E-state index contributed by atoms with van der Waals surface area (Å²) in [4.78, 5) is 45.9. The third-order valence-corrected chi connectivity index (χ3v) is 9.19. The number of anilines is 1. The van der Waals surface area contributed by atoms with Crippen molar-refractivity contribution in [1.82, 2.24) is 15.2 Å². The normalized spacial score (nSPS) is 21.7. The Balaban J connectivity index is 1.36. The number of amides is 2. The predicted molar refractivity (Wildman–Crippen MR) is 161 cm³/mol. The van der Waals surface area contributed by atoms with Crippen molar-refractivity contribution in [2.75, 3.05) is 18.8 Å². The number of ketones is 1. The number of nitrogens with one attached hydrogen (secondary N) is 1. The van der Waals surface area contributed by atoms with Gasteiger partial charge in [0.25, 0.3) is 5.91 Å². The lowest BCUT2D eigenvalue weighted by atomic mass is 9.70. The Morgan fingerprint density at radius 2 is 1.95 bits per heavy atom. The van der Waals surface area contributed by atoms with Gasteiger partial charge in [0.05, 0.1) is 15.6 Å². The van der Waals surface area contributed by atoms with Gasteiger partial charge >= 0.3 is 0 Å². The Morgan fingerprint density at radius 3 is 2.67 bits per heavy atom. The van der Waals surface area contributed by atoms with Crippen molar-refractivity contribution in [2.24, 2.45) is 11.5 Å². The molecular formula is C31H30N6O4S. The molecule has 3 heterocycles. The van der Waals surface area contributed by atoms with Crippen LogP contribution in [0.5, 0.6) is 11.6 Å². The van der Waals surface area contributed by atoms with Crippen LogP contribution in [0.3, 0.4) is 0 Å². The molecule has 4 aromatic rings. The van der Waals surface area contributed by atoms with Crippen LogP contribution in [0.4, 0.5) is 5.69 Å². The van der Waals surface area contributed by atoms with Gasteiger partial charge in [-0.3, -0.25) is 14.4 Å². The fourth-order valence-electron chi connectivity index (χ4n) is 5.84. The molecule has 0 saturated carbocycles. The van der Waals surface area contributed by atoms with Gasteiger partial charge in [0.2, 0.25) is 11.8 Å². The summed E-state index contributed by atoms with van der Waals surface area (Å²) in [6, 6.07) is 14.3. The number of pyridine rings is 1. The van der Waals surface area contributed by atoms with Crippen molar-refractivity contribution < 1.29 is 19.1 Å². The molecule has 0 radical (unpaired) electrons. The number of aromatic nitrogens is 1. The molecular weight excluding hydrogens is 552 g/mol. The van der Waals surface area contributed by atoms with Gasteiger partial charge in [0.15, 0.2) is 5.78 Å². The first-order valence-corrected chi connectivity index (χ1v) is 14.4. The van der Waals surface area contributed by atoms with Gasteiger partial charge in [0.1, 0.15) is 11.3 Å². The van der Waals surface area contributed by atoms with E-state index in [1.807, 2.05) is 6.07 Å². The summed E-state index contributed by atoms with van der Waals surface area (Å²) in [6.07, 6.45) is 4.38. The number of rotatable bonds is 6. The minimum Gasteiger partial charge on any atom is -0.439 e. The highest BCUT2D eigenvalue weighted by Gasteiger charge is 2.48. The van der Waals surface area contributed by atoms with E-state index in [1.165, 1.54) is 17.4 Å². The molecule has 1 aliphatic heterocycles. The van der Waals surface area contributed by atoms with Gasteiger partial charge in [-0.05, 0) is 54.3 Å². The molecule has 2 aromatic carbocycles. The van der Waals surface area contributed by atoms with Crippen LogP contribution in [0.15, 0.2) is 73.4 Å². The lowest BCUT2D eigenvalue weighted by molar-refractivity contribution is -0.127. The maximum Gasteiger partial charge on any atom is 0.262 e. The number of hydrogen-bond donors (Lipinski definition) is 4. The van der Waals surface area contributed by atoms with Crippen molar-refractivity contribution in [2.45, 2.75) is 30.5 Å². The van der Waals surface area contributed by atoms with E-state index in [0.717, 1.165) is 12.8 Å². The third-order valence-electron chi connectivity index (χ3n) is 7.93. The lowest BCUT2D eigenvalue weighted by Gasteiger charge is -2.36. The second-order valence-corrected chi connectivity index (χ2v) is 11.5. The number of likely N-dealkylation sites (tertiary alicyclic amines) is 1. The van der Waals surface area contributed by atoms with E-state index < -0.39 is 17.4 Å². The van der Waals surface area contributed by atoms with Crippen LogP contribution in [0.2, 0.25) is 0 Å². The molecule has 3 atom stereocenters. The molecule has 10 nitrogen and oxygen atoms in total. The van der Waals surface area contributed by atoms with E-state index in [-0.39, 0.29) is 17.9 Å². The molecule has 1 fully saturated rings. The number of carbonyl (C=O) groups excluding carboxylic acids is 3. The summed E-state index contributed by atoms with van der Waals surface area (Å²) in [5.41, 5.74) is 20.3. The molecule has 2 amide bonds. The molecule has 6 rings (SSSR count). The Hall–Kier alpha value is -4.58. The van der Waals surface area contributed by atoms with Crippen molar-refractivity contribution >= 4 is 44.7 Å². The smallest absolute Gasteiger partial charge is 0.262 e. The van der Waals surface area contributed by atoms with Crippen LogP contribution in [-0.4, -0.2) is 46.6 Å². The summed E-state index contributed by atoms with van der Waals surface area (Å²) < 4.78 is 6.45. The summed E-state index contributed by atoms with van der Waals surface area (Å²) in [7, 11) is 0. The number of thiophene rings is 1. The summed E-state index contributed by atoms with van der Waals surface area (Å²) in [6.45, 7) is 4.54. The van der Waals surface area contributed by atoms with Crippen LogP contribution >= 0.6 is 11.3 Å². The Bertz CT molecular complexity index is 1720. The summed E-state index contributed by atoms with van der Waals surface area (Å²) >= 11 is 1.19. The number of Topliss-reactive ketones (excluding diaryl/α,β-unsaturated/α-hetero) is 1. The number of piperidine rings is 1. The maximum absolute atomic E-state index is 14.0. The SMILES string of the molecule is C=CC(=O)N1CCCC(NC(=O)c2sc3c(N)ccc4c3c2C(N)C(=O)C4(N)c2ccc(Oc3ccccn3)cc2)C1. The number of ether oxygens (including phenoxy) is 1. The monoisotopic (exact) mass is 582 g/mol. The van der Waals surface area contributed by atoms with Gasteiger partial charge < -0.3 is 32.2 Å². The molecule has 1 aliphatic carbocycles. The van der Waals surface area contributed by atoms with Gasteiger partial charge in [-0.25, -0.2) is 4.98 Å². The van der Waals surface area contributed by atoms with Crippen molar-refractivity contribution in [3.05, 3.63) is 95.0 Å². The van der Waals surface area contributed by atoms with Crippen LogP contribution in [0, 0.1) is 0 Å². The number of nitrogen functional groups attached to an aromatic ring is 1. The minimum atomic E-state index is -1.58.